The molecule has 1 heterocycles. The van der Waals surface area contributed by atoms with Crippen molar-refractivity contribution in [2.75, 3.05) is 18.2 Å². The van der Waals surface area contributed by atoms with E-state index < -0.39 is 10.0 Å². The second-order valence-corrected chi connectivity index (χ2v) is 8.38. The van der Waals surface area contributed by atoms with Gasteiger partial charge in [0.1, 0.15) is 5.75 Å². The van der Waals surface area contributed by atoms with Crippen molar-refractivity contribution >= 4 is 33.4 Å². The van der Waals surface area contributed by atoms with Gasteiger partial charge in [-0.1, -0.05) is 12.1 Å². The highest BCUT2D eigenvalue weighted by Crippen LogP contribution is 2.32. The number of sulfonamides is 1. The smallest absolute Gasteiger partial charge is 0.240 e. The molecule has 0 fully saturated rings. The van der Waals surface area contributed by atoms with E-state index in [1.54, 1.807) is 37.4 Å². The minimum atomic E-state index is -3.69. The van der Waals surface area contributed by atoms with Gasteiger partial charge in [-0.15, -0.1) is 11.8 Å². The maximum absolute atomic E-state index is 12.6. The Kier molecular flexibility index (Phi) is 5.31. The largest absolute Gasteiger partial charge is 0.497 e. The Morgan fingerprint density at radius 1 is 1.24 bits per heavy atom. The number of fused-ring (bicyclic) bond motifs is 1. The predicted molar refractivity (Wildman–Crippen MR) is 97.4 cm³/mol. The fourth-order valence-corrected chi connectivity index (χ4v) is 4.39. The van der Waals surface area contributed by atoms with E-state index >= 15 is 0 Å². The molecule has 0 aromatic heterocycles. The first-order valence-corrected chi connectivity index (χ1v) is 10.1. The van der Waals surface area contributed by atoms with Crippen LogP contribution in [0.15, 0.2) is 52.3 Å². The van der Waals surface area contributed by atoms with Gasteiger partial charge < -0.3 is 10.1 Å². The van der Waals surface area contributed by atoms with Crippen molar-refractivity contribution in [3.05, 3.63) is 48.0 Å². The van der Waals surface area contributed by atoms with Crippen LogP contribution in [0.4, 0.5) is 5.69 Å². The number of rotatable bonds is 5. The molecule has 0 saturated carbocycles. The van der Waals surface area contributed by atoms with E-state index in [9.17, 15) is 13.2 Å². The molecular formula is C17H18N2O4S2. The van der Waals surface area contributed by atoms with Crippen molar-refractivity contribution in [3.8, 4) is 5.75 Å². The Labute approximate surface area is 151 Å². The van der Waals surface area contributed by atoms with Crippen LogP contribution in [0.3, 0.4) is 0 Å². The van der Waals surface area contributed by atoms with Crippen molar-refractivity contribution in [2.24, 2.45) is 0 Å². The van der Waals surface area contributed by atoms with E-state index in [0.29, 0.717) is 23.6 Å². The Morgan fingerprint density at radius 2 is 2.08 bits per heavy atom. The monoisotopic (exact) mass is 378 g/mol. The molecule has 6 nitrogen and oxygen atoms in total. The van der Waals surface area contributed by atoms with Crippen LogP contribution in [0.25, 0.3) is 0 Å². The Hall–Kier alpha value is -2.03. The molecule has 25 heavy (non-hydrogen) atoms. The summed E-state index contributed by atoms with van der Waals surface area (Å²) < 4.78 is 32.8. The lowest BCUT2D eigenvalue weighted by Crippen LogP contribution is -2.23. The van der Waals surface area contributed by atoms with E-state index in [-0.39, 0.29) is 17.3 Å². The van der Waals surface area contributed by atoms with Crippen LogP contribution >= 0.6 is 11.8 Å². The summed E-state index contributed by atoms with van der Waals surface area (Å²) in [5, 5.41) is 2.76. The second kappa shape index (κ2) is 7.47. The molecule has 0 aliphatic carbocycles. The second-order valence-electron chi connectivity index (χ2n) is 5.48. The fraction of sp³-hybridized carbons (Fsp3) is 0.235. The number of amides is 1. The van der Waals surface area contributed by atoms with E-state index in [4.69, 9.17) is 4.74 Å². The lowest BCUT2D eigenvalue weighted by Gasteiger charge is -2.11. The van der Waals surface area contributed by atoms with Crippen molar-refractivity contribution in [3.63, 3.8) is 0 Å². The summed E-state index contributed by atoms with van der Waals surface area (Å²) in [4.78, 5) is 12.7. The number of hydrogen-bond donors (Lipinski definition) is 2. The van der Waals surface area contributed by atoms with Crippen molar-refractivity contribution in [1.29, 1.82) is 0 Å². The quantitative estimate of drug-likeness (QED) is 0.835. The zero-order chi connectivity index (χ0) is 17.9. The van der Waals surface area contributed by atoms with E-state index in [2.05, 4.69) is 10.0 Å². The molecule has 1 amide bonds. The molecule has 2 aromatic carbocycles. The van der Waals surface area contributed by atoms with Gasteiger partial charge in [-0.3, -0.25) is 4.79 Å². The molecule has 0 unspecified atom stereocenters. The summed E-state index contributed by atoms with van der Waals surface area (Å²) in [6.45, 7) is 0.151. The number of thioether (sulfide) groups is 1. The molecule has 0 spiro atoms. The fourth-order valence-electron chi connectivity index (χ4n) is 2.41. The predicted octanol–water partition coefficient (Wildman–Crippen LogP) is 2.61. The summed E-state index contributed by atoms with van der Waals surface area (Å²) in [5.41, 5.74) is 1.33. The molecule has 0 bridgehead atoms. The van der Waals surface area contributed by atoms with Gasteiger partial charge in [0.25, 0.3) is 0 Å². The van der Waals surface area contributed by atoms with E-state index in [1.165, 1.54) is 17.8 Å². The number of carbonyl (C=O) groups is 1. The highest BCUT2D eigenvalue weighted by atomic mass is 32.2. The number of methoxy groups -OCH3 is 1. The van der Waals surface area contributed by atoms with Crippen LogP contribution in [0.1, 0.15) is 12.0 Å². The van der Waals surface area contributed by atoms with Gasteiger partial charge >= 0.3 is 0 Å². The average Bonchev–Trinajstić information content (AvgIpc) is 2.80. The van der Waals surface area contributed by atoms with Gasteiger partial charge in [-0.25, -0.2) is 13.1 Å². The van der Waals surface area contributed by atoms with Crippen molar-refractivity contribution in [1.82, 2.24) is 4.72 Å². The molecule has 8 heteroatoms. The zero-order valence-electron chi connectivity index (χ0n) is 13.6. The average molecular weight is 378 g/mol. The molecule has 0 radical (unpaired) electrons. The van der Waals surface area contributed by atoms with Gasteiger partial charge in [0.15, 0.2) is 0 Å². The summed E-state index contributed by atoms with van der Waals surface area (Å²) in [7, 11) is -2.13. The number of anilines is 1. The van der Waals surface area contributed by atoms with Gasteiger partial charge in [0, 0.05) is 23.6 Å². The third kappa shape index (κ3) is 4.33. The van der Waals surface area contributed by atoms with Crippen LogP contribution in [0.2, 0.25) is 0 Å². The zero-order valence-corrected chi connectivity index (χ0v) is 15.2. The SMILES string of the molecule is COc1cccc(CNS(=O)(=O)c2ccc3c(c2)NC(=O)CCS3)c1. The first kappa shape index (κ1) is 17.8. The van der Waals surface area contributed by atoms with Gasteiger partial charge in [0.2, 0.25) is 15.9 Å². The third-order valence-corrected chi connectivity index (χ3v) is 6.20. The van der Waals surface area contributed by atoms with Crippen LogP contribution < -0.4 is 14.8 Å². The highest BCUT2D eigenvalue weighted by Gasteiger charge is 2.19. The minimum Gasteiger partial charge on any atom is -0.497 e. The maximum Gasteiger partial charge on any atom is 0.240 e. The molecule has 1 aliphatic rings. The lowest BCUT2D eigenvalue weighted by atomic mass is 10.2. The highest BCUT2D eigenvalue weighted by molar-refractivity contribution is 7.99. The summed E-state index contributed by atoms with van der Waals surface area (Å²) in [6, 6.07) is 12.0. The number of nitrogens with one attached hydrogen (secondary N) is 2. The molecule has 1 aliphatic heterocycles. The van der Waals surface area contributed by atoms with E-state index in [0.717, 1.165) is 10.5 Å². The standard InChI is InChI=1S/C17H18N2O4S2/c1-23-13-4-2-3-12(9-13)11-18-25(21,22)14-5-6-16-15(10-14)19-17(20)7-8-24-16/h2-6,9-10,18H,7-8,11H2,1H3,(H,19,20). The molecule has 0 saturated heterocycles. The van der Waals surface area contributed by atoms with Crippen molar-refractivity contribution < 1.29 is 17.9 Å². The summed E-state index contributed by atoms with van der Waals surface area (Å²) >= 11 is 1.53. The molecule has 132 valence electrons. The van der Waals surface area contributed by atoms with E-state index in [1.807, 2.05) is 6.07 Å². The van der Waals surface area contributed by atoms with Crippen LogP contribution in [0, 0.1) is 0 Å². The minimum absolute atomic E-state index is 0.106. The lowest BCUT2D eigenvalue weighted by molar-refractivity contribution is -0.115. The van der Waals surface area contributed by atoms with Crippen LogP contribution in [-0.2, 0) is 21.4 Å². The van der Waals surface area contributed by atoms with Gasteiger partial charge in [-0.05, 0) is 35.9 Å². The number of carbonyl (C=O) groups excluding carboxylic acids is 1. The Bertz CT molecular complexity index is 897. The van der Waals surface area contributed by atoms with Crippen LogP contribution in [0.5, 0.6) is 5.75 Å². The molecule has 3 rings (SSSR count). The van der Waals surface area contributed by atoms with Gasteiger partial charge in [-0.2, -0.15) is 0 Å². The number of ether oxygens (including phenoxy) is 1. The topological polar surface area (TPSA) is 84.5 Å². The number of hydrogen-bond acceptors (Lipinski definition) is 5. The molecular weight excluding hydrogens is 360 g/mol. The first-order chi connectivity index (χ1) is 12.0. The molecule has 0 atom stereocenters. The molecule has 2 N–H and O–H groups in total. The summed E-state index contributed by atoms with van der Waals surface area (Å²) in [6.07, 6.45) is 0.412. The number of benzene rings is 2. The molecule has 2 aromatic rings. The third-order valence-electron chi connectivity index (χ3n) is 3.72. The maximum atomic E-state index is 12.6. The van der Waals surface area contributed by atoms with Crippen molar-refractivity contribution in [2.45, 2.75) is 22.8 Å². The normalized spacial score (nSPS) is 14.4. The first-order valence-electron chi connectivity index (χ1n) is 7.67. The Balaban J connectivity index is 1.79. The Morgan fingerprint density at radius 3 is 2.88 bits per heavy atom. The van der Waals surface area contributed by atoms with Gasteiger partial charge in [0.05, 0.1) is 17.7 Å². The summed E-state index contributed by atoms with van der Waals surface area (Å²) in [5.74, 6) is 1.24. The van der Waals surface area contributed by atoms with Crippen LogP contribution in [-0.4, -0.2) is 27.2 Å².